The number of nitrogens with zero attached hydrogens (tertiary/aromatic N) is 1. The van der Waals surface area contributed by atoms with Gasteiger partial charge in [0.15, 0.2) is 5.13 Å². The number of hydrogen-bond donors (Lipinski definition) is 1. The molecule has 0 spiro atoms. The molecule has 1 aromatic heterocycles. The predicted molar refractivity (Wildman–Crippen MR) is 73.0 cm³/mol. The summed E-state index contributed by atoms with van der Waals surface area (Å²) in [5, 5.41) is 2.02. The van der Waals surface area contributed by atoms with Gasteiger partial charge in [-0.1, -0.05) is 0 Å². The molecule has 0 saturated heterocycles. The lowest BCUT2D eigenvalue weighted by Crippen LogP contribution is -2.10. The number of Topliss-reactive ketones (excluding diaryl/α,β-unsaturated/α-hetero) is 1. The number of rotatable bonds is 4. The van der Waals surface area contributed by atoms with E-state index in [0.717, 1.165) is 6.07 Å². The molecule has 0 aliphatic heterocycles. The summed E-state index contributed by atoms with van der Waals surface area (Å²) in [6.45, 7) is 0. The first kappa shape index (κ1) is 14.1. The topological polar surface area (TPSA) is 56.0 Å². The Morgan fingerprint density at radius 2 is 2.11 bits per heavy atom. The van der Waals surface area contributed by atoms with Gasteiger partial charge in [-0.3, -0.25) is 4.79 Å². The number of ketones is 1. The Morgan fingerprint density at radius 1 is 1.37 bits per heavy atom. The van der Waals surface area contributed by atoms with Crippen LogP contribution < -0.4 is 5.73 Å². The van der Waals surface area contributed by atoms with Gasteiger partial charge in [-0.25, -0.2) is 13.8 Å². The van der Waals surface area contributed by atoms with E-state index in [1.807, 2.05) is 0 Å². The largest absolute Gasteiger partial charge is 0.375 e. The molecule has 0 aliphatic carbocycles. The first-order valence-corrected chi connectivity index (χ1v) is 6.98. The quantitative estimate of drug-likeness (QED) is 0.865. The van der Waals surface area contributed by atoms with Crippen molar-refractivity contribution in [1.29, 1.82) is 0 Å². The van der Waals surface area contributed by atoms with E-state index < -0.39 is 11.6 Å². The zero-order valence-electron chi connectivity index (χ0n) is 9.62. The summed E-state index contributed by atoms with van der Waals surface area (Å²) in [7, 11) is 0. The Bertz CT molecular complexity index is 630. The van der Waals surface area contributed by atoms with Crippen molar-refractivity contribution in [3.8, 4) is 0 Å². The fraction of sp³-hybridized carbons (Fsp3) is 0.167. The lowest BCUT2D eigenvalue weighted by Gasteiger charge is -2.05. The average molecular weight is 347 g/mol. The molecule has 1 aromatic carbocycles. The normalized spacial score (nSPS) is 10.7. The van der Waals surface area contributed by atoms with Crippen molar-refractivity contribution < 1.29 is 13.6 Å². The van der Waals surface area contributed by atoms with Crippen LogP contribution in [0, 0.1) is 11.6 Å². The number of anilines is 1. The van der Waals surface area contributed by atoms with E-state index >= 15 is 0 Å². The number of nitrogens with two attached hydrogens (primary N) is 1. The molecule has 2 rings (SSSR count). The summed E-state index contributed by atoms with van der Waals surface area (Å²) < 4.78 is 27.3. The highest BCUT2D eigenvalue weighted by atomic mass is 79.9. The fourth-order valence-electron chi connectivity index (χ4n) is 1.60. The third kappa shape index (κ3) is 3.36. The lowest BCUT2D eigenvalue weighted by atomic mass is 10.0. The zero-order valence-corrected chi connectivity index (χ0v) is 12.0. The van der Waals surface area contributed by atoms with Gasteiger partial charge in [0.25, 0.3) is 0 Å². The van der Waals surface area contributed by atoms with E-state index in [1.54, 1.807) is 5.38 Å². The van der Waals surface area contributed by atoms with Crippen LogP contribution in [-0.4, -0.2) is 10.8 Å². The maximum Gasteiger partial charge on any atom is 0.180 e. The van der Waals surface area contributed by atoms with Gasteiger partial charge in [0, 0.05) is 23.8 Å². The molecule has 0 aliphatic rings. The molecule has 7 heteroatoms. The van der Waals surface area contributed by atoms with Gasteiger partial charge >= 0.3 is 0 Å². The van der Waals surface area contributed by atoms with Gasteiger partial charge in [0.2, 0.25) is 0 Å². The molecule has 0 atom stereocenters. The Morgan fingerprint density at radius 3 is 2.74 bits per heavy atom. The molecule has 3 nitrogen and oxygen atoms in total. The molecule has 0 amide bonds. The molecule has 1 heterocycles. The van der Waals surface area contributed by atoms with Gasteiger partial charge < -0.3 is 5.73 Å². The van der Waals surface area contributed by atoms with Crippen LogP contribution in [0.3, 0.4) is 0 Å². The van der Waals surface area contributed by atoms with Crippen LogP contribution >= 0.6 is 27.3 Å². The van der Waals surface area contributed by atoms with Crippen molar-refractivity contribution in [1.82, 2.24) is 4.98 Å². The van der Waals surface area contributed by atoms with Crippen LogP contribution in [-0.2, 0) is 17.6 Å². The van der Waals surface area contributed by atoms with Gasteiger partial charge in [0.1, 0.15) is 17.4 Å². The Kier molecular flexibility index (Phi) is 4.26. The second-order valence-corrected chi connectivity index (χ2v) is 5.64. The molecular formula is C12H9BrF2N2OS. The molecule has 0 radical (unpaired) electrons. The lowest BCUT2D eigenvalue weighted by molar-refractivity contribution is -0.117. The summed E-state index contributed by atoms with van der Waals surface area (Å²) in [4.78, 5) is 15.7. The van der Waals surface area contributed by atoms with Crippen molar-refractivity contribution >= 4 is 38.2 Å². The maximum atomic E-state index is 13.7. The minimum atomic E-state index is -0.744. The molecule has 2 N–H and O–H groups in total. The summed E-state index contributed by atoms with van der Waals surface area (Å²) in [6.07, 6.45) is -0.298. The number of aromatic nitrogens is 1. The Balaban J connectivity index is 2.13. The highest BCUT2D eigenvalue weighted by molar-refractivity contribution is 9.10. The Hall–Kier alpha value is -1.34. The van der Waals surface area contributed by atoms with Gasteiger partial charge in [-0.2, -0.15) is 0 Å². The number of thiazole rings is 1. The summed E-state index contributed by atoms with van der Waals surface area (Å²) in [5.74, 6) is -1.79. The van der Waals surface area contributed by atoms with E-state index in [1.165, 1.54) is 17.4 Å². The van der Waals surface area contributed by atoms with Crippen molar-refractivity contribution in [3.05, 3.63) is 44.9 Å². The minimum absolute atomic E-state index is 0.0130. The van der Waals surface area contributed by atoms with Gasteiger partial charge in [-0.05, 0) is 28.1 Å². The van der Waals surface area contributed by atoms with E-state index in [4.69, 9.17) is 5.73 Å². The molecule has 0 saturated carbocycles. The summed E-state index contributed by atoms with van der Waals surface area (Å²) >= 11 is 4.18. The van der Waals surface area contributed by atoms with Crippen LogP contribution in [0.4, 0.5) is 13.9 Å². The van der Waals surface area contributed by atoms with E-state index in [9.17, 15) is 13.6 Å². The number of carbonyl (C=O) groups is 1. The average Bonchev–Trinajstić information content (AvgIpc) is 2.75. The standard InChI is InChI=1S/C12H9BrF2N2OS/c13-9-1-2-10(14)8(11(9)15)4-7(18)3-6-5-19-12(16)17-6/h1-2,5H,3-4H2,(H2,16,17). The monoisotopic (exact) mass is 346 g/mol. The first-order chi connectivity index (χ1) is 8.97. The third-order valence-corrected chi connectivity index (χ3v) is 3.80. The number of nitrogen functional groups attached to an aromatic ring is 1. The van der Waals surface area contributed by atoms with E-state index in [2.05, 4.69) is 20.9 Å². The zero-order chi connectivity index (χ0) is 14.0. The van der Waals surface area contributed by atoms with Crippen LogP contribution in [0.1, 0.15) is 11.3 Å². The molecule has 100 valence electrons. The Labute approximate surface area is 120 Å². The fourth-order valence-corrected chi connectivity index (χ4v) is 2.53. The second kappa shape index (κ2) is 5.75. The maximum absolute atomic E-state index is 13.7. The van der Waals surface area contributed by atoms with Crippen molar-refractivity contribution in [2.75, 3.05) is 5.73 Å². The predicted octanol–water partition coefficient (Wildman–Crippen LogP) is 3.12. The molecule has 0 bridgehead atoms. The number of hydrogen-bond acceptors (Lipinski definition) is 4. The number of benzene rings is 1. The van der Waals surface area contributed by atoms with Gasteiger partial charge in [0.05, 0.1) is 10.2 Å². The van der Waals surface area contributed by atoms with Crippen LogP contribution in [0.5, 0.6) is 0 Å². The van der Waals surface area contributed by atoms with Crippen LogP contribution in [0.25, 0.3) is 0 Å². The van der Waals surface area contributed by atoms with E-state index in [0.29, 0.717) is 10.8 Å². The smallest absolute Gasteiger partial charge is 0.180 e. The van der Waals surface area contributed by atoms with Crippen molar-refractivity contribution in [2.45, 2.75) is 12.8 Å². The highest BCUT2D eigenvalue weighted by Crippen LogP contribution is 2.22. The molecule has 2 aromatic rings. The molecular weight excluding hydrogens is 338 g/mol. The SMILES string of the molecule is Nc1nc(CC(=O)Cc2c(F)ccc(Br)c2F)cs1. The molecule has 19 heavy (non-hydrogen) atoms. The van der Waals surface area contributed by atoms with Crippen molar-refractivity contribution in [3.63, 3.8) is 0 Å². The first-order valence-electron chi connectivity index (χ1n) is 5.31. The summed E-state index contributed by atoms with van der Waals surface area (Å²) in [5.41, 5.74) is 5.73. The van der Waals surface area contributed by atoms with E-state index in [-0.39, 0.29) is 28.7 Å². The minimum Gasteiger partial charge on any atom is -0.375 e. The molecule has 0 unspecified atom stereocenters. The molecule has 0 fully saturated rings. The summed E-state index contributed by atoms with van der Waals surface area (Å²) in [6, 6.07) is 2.39. The van der Waals surface area contributed by atoms with Gasteiger partial charge in [-0.15, -0.1) is 11.3 Å². The van der Waals surface area contributed by atoms with Crippen LogP contribution in [0.2, 0.25) is 0 Å². The highest BCUT2D eigenvalue weighted by Gasteiger charge is 2.16. The third-order valence-electron chi connectivity index (χ3n) is 2.46. The van der Waals surface area contributed by atoms with Crippen LogP contribution in [0.15, 0.2) is 22.0 Å². The second-order valence-electron chi connectivity index (χ2n) is 3.89. The number of halogens is 3. The van der Waals surface area contributed by atoms with Crippen molar-refractivity contribution in [2.24, 2.45) is 0 Å². The number of carbonyl (C=O) groups excluding carboxylic acids is 1.